The van der Waals surface area contributed by atoms with E-state index >= 15 is 0 Å². The van der Waals surface area contributed by atoms with Crippen molar-refractivity contribution in [3.63, 3.8) is 0 Å². The number of nitrogens with one attached hydrogen (secondary N) is 2. The Labute approximate surface area is 195 Å². The van der Waals surface area contributed by atoms with Crippen LogP contribution in [-0.4, -0.2) is 48.9 Å². The summed E-state index contributed by atoms with van der Waals surface area (Å²) in [4.78, 5) is 49.1. The van der Waals surface area contributed by atoms with Gasteiger partial charge in [-0.25, -0.2) is 4.79 Å². The molecule has 1 heterocycles. The van der Waals surface area contributed by atoms with Gasteiger partial charge in [0.25, 0.3) is 11.6 Å². The Balaban J connectivity index is 1.51. The number of hydrogen-bond donors (Lipinski definition) is 2. The van der Waals surface area contributed by atoms with Crippen LogP contribution in [0.25, 0.3) is 0 Å². The molecule has 0 unspecified atom stereocenters. The van der Waals surface area contributed by atoms with Crippen LogP contribution in [0.1, 0.15) is 28.8 Å². The lowest BCUT2D eigenvalue weighted by Gasteiger charge is -2.17. The van der Waals surface area contributed by atoms with Crippen LogP contribution in [0.2, 0.25) is 5.02 Å². The molecule has 0 atom stereocenters. The summed E-state index contributed by atoms with van der Waals surface area (Å²) in [5, 5.41) is 16.9. The molecule has 1 aliphatic rings. The Bertz CT molecular complexity index is 1080. The summed E-state index contributed by atoms with van der Waals surface area (Å²) in [6.07, 6.45) is 1.90. The number of amides is 2. The van der Waals surface area contributed by atoms with Crippen molar-refractivity contribution in [2.24, 2.45) is 0 Å². The highest BCUT2D eigenvalue weighted by Gasteiger charge is 2.24. The molecular weight excluding hydrogens is 452 g/mol. The fourth-order valence-corrected chi connectivity index (χ4v) is 3.58. The average Bonchev–Trinajstić information content (AvgIpc) is 3.33. The van der Waals surface area contributed by atoms with E-state index in [2.05, 4.69) is 10.6 Å². The smallest absolute Gasteiger partial charge is 0.338 e. The normalized spacial score (nSPS) is 12.8. The third kappa shape index (κ3) is 6.19. The van der Waals surface area contributed by atoms with Crippen molar-refractivity contribution < 1.29 is 24.0 Å². The number of esters is 1. The monoisotopic (exact) mass is 474 g/mol. The molecule has 2 amide bonds. The molecule has 1 aliphatic heterocycles. The fourth-order valence-electron chi connectivity index (χ4n) is 3.40. The number of benzene rings is 2. The first-order chi connectivity index (χ1) is 15.8. The lowest BCUT2D eigenvalue weighted by molar-refractivity contribution is -0.384. The number of nitro groups is 1. The van der Waals surface area contributed by atoms with Gasteiger partial charge in [0.05, 0.1) is 17.0 Å². The molecule has 3 rings (SSSR count). The van der Waals surface area contributed by atoms with Crippen LogP contribution in [0.5, 0.6) is 0 Å². The molecule has 0 saturated carbocycles. The second kappa shape index (κ2) is 10.8. The summed E-state index contributed by atoms with van der Waals surface area (Å²) in [7, 11) is 0. The number of hydrogen-bond acceptors (Lipinski definition) is 7. The quantitative estimate of drug-likeness (QED) is 0.341. The Hall–Kier alpha value is -3.66. The number of nitrogens with zero attached hydrogens (tertiary/aromatic N) is 2. The number of carbonyl (C=O) groups excluding carboxylic acids is 3. The van der Waals surface area contributed by atoms with Gasteiger partial charge in [-0.2, -0.15) is 0 Å². The van der Waals surface area contributed by atoms with Gasteiger partial charge in [0, 0.05) is 29.9 Å². The number of halogens is 1. The van der Waals surface area contributed by atoms with E-state index in [9.17, 15) is 24.5 Å². The first kappa shape index (κ1) is 24.0. The van der Waals surface area contributed by atoms with Crippen LogP contribution in [0.3, 0.4) is 0 Å². The van der Waals surface area contributed by atoms with Gasteiger partial charge in [-0.05, 0) is 49.6 Å². The molecule has 0 spiro atoms. The average molecular weight is 475 g/mol. The summed E-state index contributed by atoms with van der Waals surface area (Å²) in [5.41, 5.74) is 1.44. The lowest BCUT2D eigenvalue weighted by Crippen LogP contribution is -2.35. The summed E-state index contributed by atoms with van der Waals surface area (Å²) >= 11 is 6.01. The van der Waals surface area contributed by atoms with Crippen molar-refractivity contribution in [1.29, 1.82) is 0 Å². The summed E-state index contributed by atoms with van der Waals surface area (Å²) < 4.78 is 4.94. The topological polar surface area (TPSA) is 131 Å². The van der Waals surface area contributed by atoms with Gasteiger partial charge in [0.15, 0.2) is 6.61 Å². The molecule has 2 aromatic rings. The van der Waals surface area contributed by atoms with Crippen LogP contribution >= 0.6 is 11.6 Å². The Morgan fingerprint density at radius 3 is 2.58 bits per heavy atom. The molecular formula is C22H23ClN4O6. The minimum Gasteiger partial charge on any atom is -0.452 e. The van der Waals surface area contributed by atoms with Crippen molar-refractivity contribution in [3.05, 3.63) is 62.7 Å². The highest BCUT2D eigenvalue weighted by atomic mass is 35.5. The minimum absolute atomic E-state index is 0.0355. The summed E-state index contributed by atoms with van der Waals surface area (Å²) in [6.45, 7) is 2.21. The largest absolute Gasteiger partial charge is 0.452 e. The van der Waals surface area contributed by atoms with Gasteiger partial charge in [-0.1, -0.05) is 17.7 Å². The lowest BCUT2D eigenvalue weighted by atomic mass is 10.1. The third-order valence-corrected chi connectivity index (χ3v) is 5.59. The first-order valence-corrected chi connectivity index (χ1v) is 10.7. The van der Waals surface area contributed by atoms with Crippen LogP contribution in [0.15, 0.2) is 36.4 Å². The highest BCUT2D eigenvalue weighted by Crippen LogP contribution is 2.31. The van der Waals surface area contributed by atoms with Gasteiger partial charge in [-0.15, -0.1) is 0 Å². The van der Waals surface area contributed by atoms with E-state index in [0.29, 0.717) is 22.0 Å². The Kier molecular flexibility index (Phi) is 7.83. The van der Waals surface area contributed by atoms with Crippen molar-refractivity contribution >= 4 is 46.4 Å². The van der Waals surface area contributed by atoms with Crippen molar-refractivity contribution in [2.45, 2.75) is 19.8 Å². The zero-order valence-corrected chi connectivity index (χ0v) is 18.7. The van der Waals surface area contributed by atoms with E-state index in [4.69, 9.17) is 16.3 Å². The Morgan fingerprint density at radius 2 is 1.88 bits per heavy atom. The molecule has 0 aromatic heterocycles. The second-order valence-corrected chi connectivity index (χ2v) is 7.88. The van der Waals surface area contributed by atoms with Gasteiger partial charge in [-0.3, -0.25) is 19.7 Å². The molecule has 2 N–H and O–H groups in total. The SMILES string of the molecule is Cc1c(Cl)cccc1NC(=O)CNC(=O)COC(=O)c1ccc(N2CCCC2)c([N+](=O)[O-])c1. The van der Waals surface area contributed by atoms with E-state index in [1.54, 1.807) is 25.1 Å². The Morgan fingerprint density at radius 1 is 1.15 bits per heavy atom. The maximum Gasteiger partial charge on any atom is 0.338 e. The van der Waals surface area contributed by atoms with Crippen LogP contribution in [-0.2, 0) is 14.3 Å². The molecule has 10 nitrogen and oxygen atoms in total. The predicted octanol–water partition coefficient (Wildman–Crippen LogP) is 3.07. The molecule has 0 bridgehead atoms. The molecule has 1 saturated heterocycles. The molecule has 2 aromatic carbocycles. The van der Waals surface area contributed by atoms with Crippen LogP contribution in [0.4, 0.5) is 17.1 Å². The maximum atomic E-state index is 12.3. The number of rotatable bonds is 8. The number of nitro benzene ring substituents is 1. The van der Waals surface area contributed by atoms with E-state index < -0.39 is 29.3 Å². The van der Waals surface area contributed by atoms with Crippen LogP contribution in [0, 0.1) is 17.0 Å². The van der Waals surface area contributed by atoms with Gasteiger partial charge >= 0.3 is 5.97 Å². The number of anilines is 2. The molecule has 0 radical (unpaired) electrons. The number of carbonyl (C=O) groups is 3. The summed E-state index contributed by atoms with van der Waals surface area (Å²) in [6, 6.07) is 9.15. The molecule has 0 aliphatic carbocycles. The van der Waals surface area contributed by atoms with E-state index in [-0.39, 0.29) is 17.8 Å². The first-order valence-electron chi connectivity index (χ1n) is 10.3. The van der Waals surface area contributed by atoms with Crippen molar-refractivity contribution in [2.75, 3.05) is 36.5 Å². The van der Waals surface area contributed by atoms with Gasteiger partial charge < -0.3 is 20.3 Å². The van der Waals surface area contributed by atoms with E-state index in [1.807, 2.05) is 4.90 Å². The maximum absolute atomic E-state index is 12.3. The zero-order chi connectivity index (χ0) is 24.0. The van der Waals surface area contributed by atoms with E-state index in [0.717, 1.165) is 32.0 Å². The van der Waals surface area contributed by atoms with Crippen molar-refractivity contribution in [1.82, 2.24) is 5.32 Å². The fraction of sp³-hybridized carbons (Fsp3) is 0.318. The van der Waals surface area contributed by atoms with Crippen LogP contribution < -0.4 is 15.5 Å². The van der Waals surface area contributed by atoms with Gasteiger partial charge in [0.1, 0.15) is 5.69 Å². The second-order valence-electron chi connectivity index (χ2n) is 7.47. The zero-order valence-electron chi connectivity index (χ0n) is 17.9. The van der Waals surface area contributed by atoms with E-state index in [1.165, 1.54) is 12.1 Å². The molecule has 1 fully saturated rings. The third-order valence-electron chi connectivity index (χ3n) is 5.18. The highest BCUT2D eigenvalue weighted by molar-refractivity contribution is 6.31. The molecule has 33 heavy (non-hydrogen) atoms. The minimum atomic E-state index is -0.875. The molecule has 174 valence electrons. The molecule has 11 heteroatoms. The number of ether oxygens (including phenoxy) is 1. The van der Waals surface area contributed by atoms with Crippen molar-refractivity contribution in [3.8, 4) is 0 Å². The predicted molar refractivity (Wildman–Crippen MR) is 123 cm³/mol. The standard InChI is InChI=1S/C22H23ClN4O6/c1-14-16(23)5-4-6-17(14)25-20(28)12-24-21(29)13-33-22(30)15-7-8-18(19(11-15)27(31)32)26-9-2-3-10-26/h4-8,11H,2-3,9-10,12-13H2,1H3,(H,24,29)(H,25,28). The van der Waals surface area contributed by atoms with Gasteiger partial charge in [0.2, 0.25) is 5.91 Å². The summed E-state index contributed by atoms with van der Waals surface area (Å²) in [5.74, 6) is -2.04.